The van der Waals surface area contributed by atoms with Crippen LogP contribution in [0.25, 0.3) is 0 Å². The summed E-state index contributed by atoms with van der Waals surface area (Å²) in [4.78, 5) is 0. The van der Waals surface area contributed by atoms with Crippen molar-refractivity contribution in [2.24, 2.45) is 0 Å². The predicted octanol–water partition coefficient (Wildman–Crippen LogP) is 1.17. The van der Waals surface area contributed by atoms with Crippen molar-refractivity contribution in [3.8, 4) is 11.8 Å². The quantitative estimate of drug-likeness (QED) is 0.532. The number of hydrogen-bond acceptors (Lipinski definition) is 1. The average Bonchev–Trinajstić information content (AvgIpc) is 1.83. The summed E-state index contributed by atoms with van der Waals surface area (Å²) in [5.74, 6) is 5.52. The van der Waals surface area contributed by atoms with Crippen molar-refractivity contribution in [3.63, 3.8) is 0 Å². The van der Waals surface area contributed by atoms with Crippen LogP contribution in [0, 0.1) is 11.8 Å². The largest absolute Gasteiger partial charge is 0.392 e. The van der Waals surface area contributed by atoms with Gasteiger partial charge in [-0.2, -0.15) is 0 Å². The molecule has 0 heterocycles. The average molecular weight is 112 g/mol. The molecule has 46 valence electrons. The van der Waals surface area contributed by atoms with E-state index in [2.05, 4.69) is 11.8 Å². The van der Waals surface area contributed by atoms with Crippen LogP contribution in [0.3, 0.4) is 0 Å². The molecule has 0 spiro atoms. The molecular formula is C7H12O. The van der Waals surface area contributed by atoms with Crippen LogP contribution in [0.15, 0.2) is 0 Å². The highest BCUT2D eigenvalue weighted by Crippen LogP contribution is 1.92. The van der Waals surface area contributed by atoms with Gasteiger partial charge in [-0.05, 0) is 13.3 Å². The first kappa shape index (κ1) is 7.52. The predicted molar refractivity (Wildman–Crippen MR) is 34.4 cm³/mol. The maximum atomic E-state index is 8.89. The van der Waals surface area contributed by atoms with E-state index in [0.717, 1.165) is 6.42 Å². The summed E-state index contributed by atoms with van der Waals surface area (Å²) in [5, 5.41) is 8.89. The molecular weight excluding hydrogens is 100 g/mol. The third-order valence-electron chi connectivity index (χ3n) is 0.986. The lowest BCUT2D eigenvalue weighted by molar-refractivity contribution is 0.176. The summed E-state index contributed by atoms with van der Waals surface area (Å²) in [5.41, 5.74) is 0. The third kappa shape index (κ3) is 3.70. The molecule has 0 aromatic carbocycles. The van der Waals surface area contributed by atoms with Crippen LogP contribution < -0.4 is 0 Å². The molecule has 0 saturated carbocycles. The number of aliphatic hydroxyl groups excluding tert-OH is 1. The van der Waals surface area contributed by atoms with Crippen molar-refractivity contribution < 1.29 is 5.11 Å². The Balaban J connectivity index is 3.19. The molecule has 0 aliphatic rings. The minimum Gasteiger partial charge on any atom is -0.392 e. The first-order valence-corrected chi connectivity index (χ1v) is 2.89. The van der Waals surface area contributed by atoms with E-state index in [9.17, 15) is 0 Å². The number of hydrogen-bond donors (Lipinski definition) is 1. The Kier molecular flexibility index (Phi) is 4.39. The summed E-state index contributed by atoms with van der Waals surface area (Å²) in [6.45, 7) is 3.73. The van der Waals surface area contributed by atoms with Gasteiger partial charge in [-0.15, -0.1) is 11.8 Å². The van der Waals surface area contributed by atoms with Crippen LogP contribution in [0.5, 0.6) is 0 Å². The molecule has 0 aliphatic carbocycles. The van der Waals surface area contributed by atoms with Gasteiger partial charge < -0.3 is 5.11 Å². The zero-order valence-electron chi connectivity index (χ0n) is 5.44. The van der Waals surface area contributed by atoms with E-state index in [0.29, 0.717) is 6.42 Å². The fraction of sp³-hybridized carbons (Fsp3) is 0.714. The molecule has 0 saturated heterocycles. The summed E-state index contributed by atoms with van der Waals surface area (Å²) in [6, 6.07) is 0. The number of rotatable bonds is 2. The molecule has 0 aromatic heterocycles. The van der Waals surface area contributed by atoms with Gasteiger partial charge in [0.2, 0.25) is 0 Å². The fourth-order valence-electron chi connectivity index (χ4n) is 0.364. The highest BCUT2D eigenvalue weighted by molar-refractivity contribution is 4.96. The van der Waals surface area contributed by atoms with Crippen LogP contribution >= 0.6 is 0 Å². The van der Waals surface area contributed by atoms with Gasteiger partial charge in [0.15, 0.2) is 0 Å². The lowest BCUT2D eigenvalue weighted by Gasteiger charge is -1.98. The molecule has 8 heavy (non-hydrogen) atoms. The summed E-state index contributed by atoms with van der Waals surface area (Å²) >= 11 is 0. The topological polar surface area (TPSA) is 20.2 Å². The molecule has 0 fully saturated rings. The molecule has 0 radical (unpaired) electrons. The Bertz CT molecular complexity index is 96.7. The van der Waals surface area contributed by atoms with Crippen molar-refractivity contribution in [3.05, 3.63) is 0 Å². The number of aliphatic hydroxyl groups is 1. The Morgan fingerprint density at radius 2 is 2.25 bits per heavy atom. The smallest absolute Gasteiger partial charge is 0.0646 e. The van der Waals surface area contributed by atoms with E-state index >= 15 is 0 Å². The van der Waals surface area contributed by atoms with Crippen LogP contribution in [0.1, 0.15) is 26.7 Å². The van der Waals surface area contributed by atoms with Crippen molar-refractivity contribution in [1.82, 2.24) is 0 Å². The fourth-order valence-corrected chi connectivity index (χ4v) is 0.364. The molecule has 0 unspecified atom stereocenters. The minimum absolute atomic E-state index is 0.220. The first-order valence-electron chi connectivity index (χ1n) is 2.89. The van der Waals surface area contributed by atoms with Gasteiger partial charge in [0, 0.05) is 6.42 Å². The van der Waals surface area contributed by atoms with Gasteiger partial charge >= 0.3 is 0 Å². The lowest BCUT2D eigenvalue weighted by Crippen LogP contribution is -2.01. The second-order valence-electron chi connectivity index (χ2n) is 1.69. The Morgan fingerprint density at radius 1 is 1.62 bits per heavy atom. The molecule has 0 rings (SSSR count). The SMILES string of the molecule is CC#CC[C@H](O)CC. The van der Waals surface area contributed by atoms with E-state index in [1.54, 1.807) is 6.92 Å². The Labute approximate surface area is 50.7 Å². The van der Waals surface area contributed by atoms with Gasteiger partial charge in [0.25, 0.3) is 0 Å². The van der Waals surface area contributed by atoms with Gasteiger partial charge in [-0.25, -0.2) is 0 Å². The van der Waals surface area contributed by atoms with Crippen molar-refractivity contribution in [2.45, 2.75) is 32.8 Å². The lowest BCUT2D eigenvalue weighted by atomic mass is 10.2. The zero-order valence-corrected chi connectivity index (χ0v) is 5.44. The molecule has 1 heteroatoms. The summed E-state index contributed by atoms with van der Waals surface area (Å²) in [6.07, 6.45) is 1.20. The van der Waals surface area contributed by atoms with Crippen molar-refractivity contribution in [2.75, 3.05) is 0 Å². The zero-order chi connectivity index (χ0) is 6.41. The van der Waals surface area contributed by atoms with Gasteiger partial charge in [0.1, 0.15) is 0 Å². The molecule has 1 N–H and O–H groups in total. The normalized spacial score (nSPS) is 11.9. The van der Waals surface area contributed by atoms with Crippen molar-refractivity contribution in [1.29, 1.82) is 0 Å². The van der Waals surface area contributed by atoms with Crippen LogP contribution in [0.4, 0.5) is 0 Å². The van der Waals surface area contributed by atoms with Gasteiger partial charge in [0.05, 0.1) is 6.10 Å². The van der Waals surface area contributed by atoms with E-state index < -0.39 is 0 Å². The molecule has 0 bridgehead atoms. The second kappa shape index (κ2) is 4.67. The molecule has 0 amide bonds. The molecule has 0 aliphatic heterocycles. The van der Waals surface area contributed by atoms with Gasteiger partial charge in [-0.3, -0.25) is 0 Å². The van der Waals surface area contributed by atoms with Crippen molar-refractivity contribution >= 4 is 0 Å². The van der Waals surface area contributed by atoms with E-state index in [1.807, 2.05) is 6.92 Å². The van der Waals surface area contributed by atoms with E-state index in [-0.39, 0.29) is 6.10 Å². The minimum atomic E-state index is -0.220. The first-order chi connectivity index (χ1) is 3.81. The highest BCUT2D eigenvalue weighted by Gasteiger charge is 1.93. The second-order valence-corrected chi connectivity index (χ2v) is 1.69. The molecule has 1 nitrogen and oxygen atoms in total. The highest BCUT2D eigenvalue weighted by atomic mass is 16.3. The third-order valence-corrected chi connectivity index (χ3v) is 0.986. The maximum absolute atomic E-state index is 8.89. The van der Waals surface area contributed by atoms with Crippen LogP contribution in [0.2, 0.25) is 0 Å². The monoisotopic (exact) mass is 112 g/mol. The van der Waals surface area contributed by atoms with Gasteiger partial charge in [-0.1, -0.05) is 6.92 Å². The summed E-state index contributed by atoms with van der Waals surface area (Å²) in [7, 11) is 0. The Morgan fingerprint density at radius 3 is 2.62 bits per heavy atom. The summed E-state index contributed by atoms with van der Waals surface area (Å²) < 4.78 is 0. The molecule has 0 aromatic rings. The molecule has 1 atom stereocenters. The standard InChI is InChI=1S/C7H12O/c1-3-5-6-7(8)4-2/h7-8H,4,6H2,1-2H3/t7-/m1/s1. The van der Waals surface area contributed by atoms with E-state index in [1.165, 1.54) is 0 Å². The van der Waals surface area contributed by atoms with Crippen LogP contribution in [-0.2, 0) is 0 Å². The maximum Gasteiger partial charge on any atom is 0.0646 e. The Hall–Kier alpha value is -0.480. The van der Waals surface area contributed by atoms with E-state index in [4.69, 9.17) is 5.11 Å². The van der Waals surface area contributed by atoms with Crippen LogP contribution in [-0.4, -0.2) is 11.2 Å².